The molecule has 0 aliphatic rings. The summed E-state index contributed by atoms with van der Waals surface area (Å²) < 4.78 is 5.38. The molecule has 4 aromatic rings. The van der Waals surface area contributed by atoms with Gasteiger partial charge in [-0.1, -0.05) is 64.8 Å². The predicted molar refractivity (Wildman–Crippen MR) is 112 cm³/mol. The number of aryl methyl sites for hydroxylation is 2. The number of thiazole rings is 1. The maximum atomic E-state index is 12.0. The molecule has 0 bridgehead atoms. The fourth-order valence-corrected chi connectivity index (χ4v) is 3.94. The number of carbonyl (C=O) groups excluding carboxylic acids is 1. The number of hydrogen-bond donors (Lipinski definition) is 0. The Labute approximate surface area is 171 Å². The molecule has 0 unspecified atom stereocenters. The molecule has 0 saturated carbocycles. The fraction of sp³-hybridized carbons (Fsp3) is 0.0952. The van der Waals surface area contributed by atoms with Crippen molar-refractivity contribution >= 4 is 40.2 Å². The number of rotatable bonds is 5. The highest BCUT2D eigenvalue weighted by atomic mass is 35.5. The summed E-state index contributed by atoms with van der Waals surface area (Å²) in [6.45, 7) is 3.79. The van der Waals surface area contributed by atoms with Crippen LogP contribution in [0.25, 0.3) is 22.5 Å². The third-order valence-electron chi connectivity index (χ3n) is 4.35. The van der Waals surface area contributed by atoms with Crippen LogP contribution in [0.15, 0.2) is 58.4 Å². The van der Waals surface area contributed by atoms with Crippen LogP contribution in [0.1, 0.15) is 11.3 Å². The van der Waals surface area contributed by atoms with Crippen LogP contribution in [0.5, 0.6) is 0 Å². The van der Waals surface area contributed by atoms with Gasteiger partial charge in [0.1, 0.15) is 11.4 Å². The van der Waals surface area contributed by atoms with Crippen molar-refractivity contribution in [1.29, 1.82) is 0 Å². The van der Waals surface area contributed by atoms with Gasteiger partial charge in [-0.05, 0) is 19.9 Å². The van der Waals surface area contributed by atoms with Crippen molar-refractivity contribution < 1.29 is 9.32 Å². The summed E-state index contributed by atoms with van der Waals surface area (Å²) in [6, 6.07) is 15.4. The molecule has 2 aromatic carbocycles. The highest BCUT2D eigenvalue weighted by Gasteiger charge is 2.25. The first-order valence-corrected chi connectivity index (χ1v) is 9.82. The third kappa shape index (κ3) is 3.32. The van der Waals surface area contributed by atoms with Crippen LogP contribution >= 0.6 is 22.9 Å². The molecule has 28 heavy (non-hydrogen) atoms. The van der Waals surface area contributed by atoms with Crippen LogP contribution in [0.4, 0.5) is 10.8 Å². The van der Waals surface area contributed by atoms with E-state index in [-0.39, 0.29) is 0 Å². The van der Waals surface area contributed by atoms with Gasteiger partial charge < -0.3 is 4.52 Å². The number of hydrogen-bond acceptors (Lipinski definition) is 5. The summed E-state index contributed by atoms with van der Waals surface area (Å²) >= 11 is 7.71. The Kier molecular flexibility index (Phi) is 4.98. The van der Waals surface area contributed by atoms with Crippen molar-refractivity contribution in [3.8, 4) is 22.5 Å². The molecule has 0 atom stereocenters. The van der Waals surface area contributed by atoms with E-state index in [0.717, 1.165) is 17.7 Å². The molecular formula is C21H16ClN3O2S. The minimum atomic E-state index is 0.502. The van der Waals surface area contributed by atoms with Crippen molar-refractivity contribution in [2.45, 2.75) is 13.8 Å². The highest BCUT2D eigenvalue weighted by molar-refractivity contribution is 7.14. The van der Waals surface area contributed by atoms with Crippen LogP contribution in [-0.2, 0) is 4.79 Å². The first-order chi connectivity index (χ1) is 13.6. The molecule has 0 saturated heterocycles. The molecule has 2 heterocycles. The Morgan fingerprint density at radius 3 is 2.57 bits per heavy atom. The average molecular weight is 410 g/mol. The van der Waals surface area contributed by atoms with Gasteiger partial charge in [-0.2, -0.15) is 0 Å². The number of nitrogens with zero attached hydrogens (tertiary/aromatic N) is 3. The summed E-state index contributed by atoms with van der Waals surface area (Å²) in [5, 5.41) is 7.12. The number of carbonyl (C=O) groups is 1. The molecule has 0 radical (unpaired) electrons. The average Bonchev–Trinajstić information content (AvgIpc) is 3.32. The van der Waals surface area contributed by atoms with Crippen molar-refractivity contribution in [3.05, 3.63) is 70.3 Å². The molecule has 4 rings (SSSR count). The monoisotopic (exact) mass is 409 g/mol. The summed E-state index contributed by atoms with van der Waals surface area (Å²) in [7, 11) is 0. The molecule has 0 N–H and O–H groups in total. The molecular weight excluding hydrogens is 394 g/mol. The Balaban J connectivity index is 1.77. The van der Waals surface area contributed by atoms with Crippen LogP contribution < -0.4 is 4.90 Å². The molecule has 0 spiro atoms. The Bertz CT molecular complexity index is 1130. The van der Waals surface area contributed by atoms with Gasteiger partial charge in [0.05, 0.1) is 10.7 Å². The second-order valence-electron chi connectivity index (χ2n) is 6.27. The lowest BCUT2D eigenvalue weighted by Gasteiger charge is -2.14. The standard InChI is InChI=1S/C21H16ClN3O2S/c1-13-7-9-15(10-8-13)18-11-28-21(23-18)25(12-26)20-14(2)27-24-19(20)16-5-3-4-6-17(16)22/h3-12H,1-2H3. The van der Waals surface area contributed by atoms with E-state index in [1.807, 2.05) is 54.8 Å². The van der Waals surface area contributed by atoms with E-state index in [1.165, 1.54) is 21.8 Å². The van der Waals surface area contributed by atoms with Crippen LogP contribution in [-0.4, -0.2) is 16.6 Å². The van der Waals surface area contributed by atoms with E-state index in [1.54, 1.807) is 13.0 Å². The van der Waals surface area contributed by atoms with Crippen LogP contribution in [0.3, 0.4) is 0 Å². The summed E-state index contributed by atoms with van der Waals surface area (Å²) in [5.74, 6) is 0.508. The van der Waals surface area contributed by atoms with E-state index in [2.05, 4.69) is 10.1 Å². The minimum absolute atomic E-state index is 0.502. The van der Waals surface area contributed by atoms with Crippen molar-refractivity contribution in [2.24, 2.45) is 0 Å². The third-order valence-corrected chi connectivity index (χ3v) is 5.52. The van der Waals surface area contributed by atoms with Gasteiger partial charge >= 0.3 is 0 Å². The van der Waals surface area contributed by atoms with Crippen LogP contribution in [0.2, 0.25) is 5.02 Å². The molecule has 2 aromatic heterocycles. The minimum Gasteiger partial charge on any atom is -0.359 e. The lowest BCUT2D eigenvalue weighted by molar-refractivity contribution is -0.106. The van der Waals surface area contributed by atoms with Gasteiger partial charge in [-0.15, -0.1) is 11.3 Å². The number of amides is 1. The van der Waals surface area contributed by atoms with Gasteiger partial charge in [0.2, 0.25) is 6.41 Å². The zero-order valence-corrected chi connectivity index (χ0v) is 16.8. The van der Waals surface area contributed by atoms with Crippen molar-refractivity contribution in [1.82, 2.24) is 10.1 Å². The summed E-state index contributed by atoms with van der Waals surface area (Å²) in [5.41, 5.74) is 4.71. The van der Waals surface area contributed by atoms with E-state index >= 15 is 0 Å². The predicted octanol–water partition coefficient (Wildman–Crippen LogP) is 6.03. The lowest BCUT2D eigenvalue weighted by atomic mass is 10.1. The van der Waals surface area contributed by atoms with Gasteiger partial charge in [0.15, 0.2) is 10.9 Å². The molecule has 140 valence electrons. The van der Waals surface area contributed by atoms with E-state index in [4.69, 9.17) is 16.1 Å². The number of benzene rings is 2. The normalized spacial score (nSPS) is 10.8. The summed E-state index contributed by atoms with van der Waals surface area (Å²) in [6.07, 6.45) is 0.720. The van der Waals surface area contributed by atoms with Gasteiger partial charge in [0, 0.05) is 16.5 Å². The highest BCUT2D eigenvalue weighted by Crippen LogP contribution is 2.40. The smallest absolute Gasteiger partial charge is 0.220 e. The Morgan fingerprint density at radius 1 is 1.11 bits per heavy atom. The van der Waals surface area contributed by atoms with Gasteiger partial charge in [0.25, 0.3) is 0 Å². The molecule has 0 fully saturated rings. The zero-order chi connectivity index (χ0) is 19.7. The first kappa shape index (κ1) is 18.4. The number of anilines is 2. The molecule has 0 aliphatic carbocycles. The SMILES string of the molecule is Cc1ccc(-c2csc(N(C=O)c3c(-c4ccccc4Cl)noc3C)n2)cc1. The first-order valence-electron chi connectivity index (χ1n) is 8.56. The van der Waals surface area contributed by atoms with Crippen LogP contribution in [0, 0.1) is 13.8 Å². The zero-order valence-electron chi connectivity index (χ0n) is 15.2. The molecule has 7 heteroatoms. The van der Waals surface area contributed by atoms with Crippen molar-refractivity contribution in [2.75, 3.05) is 4.90 Å². The van der Waals surface area contributed by atoms with E-state index < -0.39 is 0 Å². The maximum absolute atomic E-state index is 12.0. The molecule has 0 aliphatic heterocycles. The number of aromatic nitrogens is 2. The second kappa shape index (κ2) is 7.58. The Hall–Kier alpha value is -2.96. The largest absolute Gasteiger partial charge is 0.359 e. The Morgan fingerprint density at radius 2 is 1.86 bits per heavy atom. The molecule has 5 nitrogen and oxygen atoms in total. The second-order valence-corrected chi connectivity index (χ2v) is 7.52. The number of halogens is 1. The fourth-order valence-electron chi connectivity index (χ4n) is 2.91. The topological polar surface area (TPSA) is 59.2 Å². The van der Waals surface area contributed by atoms with Gasteiger partial charge in [-0.25, -0.2) is 4.98 Å². The van der Waals surface area contributed by atoms with Gasteiger partial charge in [-0.3, -0.25) is 9.69 Å². The molecule has 1 amide bonds. The van der Waals surface area contributed by atoms with E-state index in [0.29, 0.717) is 32.9 Å². The van der Waals surface area contributed by atoms with E-state index in [9.17, 15) is 4.79 Å². The van der Waals surface area contributed by atoms with Crippen molar-refractivity contribution in [3.63, 3.8) is 0 Å². The summed E-state index contributed by atoms with van der Waals surface area (Å²) in [4.78, 5) is 18.1. The lowest BCUT2D eigenvalue weighted by Crippen LogP contribution is -2.15. The maximum Gasteiger partial charge on any atom is 0.220 e. The quantitative estimate of drug-likeness (QED) is 0.377.